The van der Waals surface area contributed by atoms with Crippen LogP contribution in [0.3, 0.4) is 0 Å². The summed E-state index contributed by atoms with van der Waals surface area (Å²) in [5.41, 5.74) is 4.04. The van der Waals surface area contributed by atoms with Crippen LogP contribution in [0.1, 0.15) is 41.5 Å². The normalized spacial score (nSPS) is 13.3. The van der Waals surface area contributed by atoms with Crippen molar-refractivity contribution in [3.63, 3.8) is 0 Å². The summed E-state index contributed by atoms with van der Waals surface area (Å²) in [6.07, 6.45) is 2.67. The lowest BCUT2D eigenvalue weighted by Crippen LogP contribution is -2.25. The number of carbonyl (C=O) groups excluding carboxylic acids is 1. The lowest BCUT2D eigenvalue weighted by molar-refractivity contribution is -0.121. The minimum absolute atomic E-state index is 0.0103. The number of carbonyl (C=O) groups is 1. The number of para-hydroxylation sites is 1. The maximum absolute atomic E-state index is 14.9. The lowest BCUT2D eigenvalue weighted by atomic mass is 9.87. The van der Waals surface area contributed by atoms with Crippen LogP contribution in [0.2, 0.25) is 0 Å². The zero-order chi connectivity index (χ0) is 23.7. The first-order valence-electron chi connectivity index (χ1n) is 11.2. The van der Waals surface area contributed by atoms with Gasteiger partial charge in [-0.25, -0.2) is 8.78 Å². The van der Waals surface area contributed by atoms with E-state index in [-0.39, 0.29) is 24.7 Å². The molecular weight excluding hydrogens is 438 g/mol. The maximum Gasteiger partial charge on any atom is 0.231 e. The van der Waals surface area contributed by atoms with Crippen LogP contribution in [0.25, 0.3) is 10.9 Å². The number of aromatic amines is 1. The SMILES string of the molecule is CCc1cccc2c([C@H](CC(=O)NCc3ccc4c(c3)OCO4)c3ccc(F)cc3F)c[nH]c12. The summed E-state index contributed by atoms with van der Waals surface area (Å²) in [7, 11) is 0. The van der Waals surface area contributed by atoms with Crippen LogP contribution in [0.4, 0.5) is 8.78 Å². The fourth-order valence-electron chi connectivity index (χ4n) is 4.50. The highest BCUT2D eigenvalue weighted by Gasteiger charge is 2.25. The number of benzene rings is 3. The van der Waals surface area contributed by atoms with Crippen LogP contribution in [0.5, 0.6) is 11.5 Å². The van der Waals surface area contributed by atoms with Crippen LogP contribution >= 0.6 is 0 Å². The first kappa shape index (κ1) is 21.9. The average molecular weight is 462 g/mol. The largest absolute Gasteiger partial charge is 0.454 e. The molecule has 0 bridgehead atoms. The predicted octanol–water partition coefficient (Wildman–Crippen LogP) is 5.58. The standard InChI is InChI=1S/C27H24F2N2O3/c1-2-17-4-3-5-20-22(14-31-27(17)20)21(19-8-7-18(28)11-23(19)29)12-26(32)30-13-16-6-9-24-25(10-16)34-15-33-24/h3-11,14,21,31H,2,12-13,15H2,1H3,(H,30,32)/t21-/m1/s1. The van der Waals surface area contributed by atoms with Crippen molar-refractivity contribution in [3.05, 3.63) is 94.7 Å². The second-order valence-corrected chi connectivity index (χ2v) is 8.32. The Hall–Kier alpha value is -3.87. The van der Waals surface area contributed by atoms with Gasteiger partial charge < -0.3 is 19.8 Å². The molecule has 34 heavy (non-hydrogen) atoms. The van der Waals surface area contributed by atoms with Crippen molar-refractivity contribution in [1.29, 1.82) is 0 Å². The number of ether oxygens (including phenoxy) is 2. The average Bonchev–Trinajstić information content (AvgIpc) is 3.48. The van der Waals surface area contributed by atoms with Gasteiger partial charge in [0.25, 0.3) is 0 Å². The second-order valence-electron chi connectivity index (χ2n) is 8.32. The Kier molecular flexibility index (Phi) is 5.92. The van der Waals surface area contributed by atoms with Gasteiger partial charge in [0.2, 0.25) is 12.7 Å². The molecule has 1 amide bonds. The third-order valence-electron chi connectivity index (χ3n) is 6.24. The van der Waals surface area contributed by atoms with Crippen LogP contribution in [-0.2, 0) is 17.8 Å². The summed E-state index contributed by atoms with van der Waals surface area (Å²) in [5.74, 6) is -0.837. The highest BCUT2D eigenvalue weighted by atomic mass is 19.1. The number of hydrogen-bond donors (Lipinski definition) is 2. The van der Waals surface area contributed by atoms with Crippen molar-refractivity contribution >= 4 is 16.8 Å². The molecule has 0 aliphatic carbocycles. The highest BCUT2D eigenvalue weighted by Crippen LogP contribution is 2.36. The molecule has 5 rings (SSSR count). The fraction of sp³-hybridized carbons (Fsp3) is 0.222. The van der Waals surface area contributed by atoms with Gasteiger partial charge in [-0.05, 0) is 46.9 Å². The molecule has 0 radical (unpaired) electrons. The number of aryl methyl sites for hydroxylation is 1. The zero-order valence-electron chi connectivity index (χ0n) is 18.7. The van der Waals surface area contributed by atoms with Crippen molar-refractivity contribution in [1.82, 2.24) is 10.3 Å². The van der Waals surface area contributed by atoms with Crippen LogP contribution < -0.4 is 14.8 Å². The first-order chi connectivity index (χ1) is 16.5. The summed E-state index contributed by atoms with van der Waals surface area (Å²) in [4.78, 5) is 16.3. The van der Waals surface area contributed by atoms with Gasteiger partial charge in [-0.1, -0.05) is 37.3 Å². The van der Waals surface area contributed by atoms with Gasteiger partial charge in [-0.15, -0.1) is 0 Å². The summed E-state index contributed by atoms with van der Waals surface area (Å²) in [6, 6.07) is 14.9. The molecule has 4 aromatic rings. The van der Waals surface area contributed by atoms with Crippen LogP contribution in [-0.4, -0.2) is 17.7 Å². The fourth-order valence-corrected chi connectivity index (χ4v) is 4.50. The molecule has 1 atom stereocenters. The summed E-state index contributed by atoms with van der Waals surface area (Å²) < 4.78 is 39.2. The third kappa shape index (κ3) is 4.21. The first-order valence-corrected chi connectivity index (χ1v) is 11.2. The summed E-state index contributed by atoms with van der Waals surface area (Å²) >= 11 is 0. The summed E-state index contributed by atoms with van der Waals surface area (Å²) in [5, 5.41) is 3.84. The Balaban J connectivity index is 1.43. The van der Waals surface area contributed by atoms with Crippen molar-refractivity contribution < 1.29 is 23.0 Å². The van der Waals surface area contributed by atoms with E-state index in [2.05, 4.69) is 17.2 Å². The van der Waals surface area contributed by atoms with Crippen molar-refractivity contribution in [2.24, 2.45) is 0 Å². The van der Waals surface area contributed by atoms with Crippen LogP contribution in [0.15, 0.2) is 60.8 Å². The van der Waals surface area contributed by atoms with E-state index in [4.69, 9.17) is 9.47 Å². The number of fused-ring (bicyclic) bond motifs is 2. The van der Waals surface area contributed by atoms with Gasteiger partial charge in [0.05, 0.1) is 0 Å². The monoisotopic (exact) mass is 462 g/mol. The quantitative estimate of drug-likeness (QED) is 0.377. The Morgan fingerprint density at radius 1 is 1.06 bits per heavy atom. The number of halogens is 2. The minimum Gasteiger partial charge on any atom is -0.454 e. The van der Waals surface area contributed by atoms with Crippen molar-refractivity contribution in [2.45, 2.75) is 32.2 Å². The van der Waals surface area contributed by atoms with Crippen molar-refractivity contribution in [2.75, 3.05) is 6.79 Å². The Labute approximate surface area is 195 Å². The number of nitrogens with one attached hydrogen (secondary N) is 2. The molecule has 174 valence electrons. The topological polar surface area (TPSA) is 63.4 Å². The molecule has 7 heteroatoms. The molecule has 0 unspecified atom stereocenters. The van der Waals surface area contributed by atoms with Gasteiger partial charge >= 0.3 is 0 Å². The number of amides is 1. The van der Waals surface area contributed by atoms with Gasteiger partial charge in [0, 0.05) is 42.0 Å². The number of H-pyrrole nitrogens is 1. The van der Waals surface area contributed by atoms with Gasteiger partial charge in [-0.3, -0.25) is 4.79 Å². The lowest BCUT2D eigenvalue weighted by Gasteiger charge is -2.18. The molecule has 3 aromatic carbocycles. The summed E-state index contributed by atoms with van der Waals surface area (Å²) in [6.45, 7) is 2.54. The van der Waals surface area contributed by atoms with E-state index in [1.165, 1.54) is 12.1 Å². The molecule has 1 aliphatic heterocycles. The van der Waals surface area contributed by atoms with Gasteiger partial charge in [0.1, 0.15) is 11.6 Å². The van der Waals surface area contributed by atoms with E-state index in [0.717, 1.165) is 40.1 Å². The molecule has 2 heterocycles. The molecular formula is C27H24F2N2O3. The van der Waals surface area contributed by atoms with E-state index < -0.39 is 17.6 Å². The number of aromatic nitrogens is 1. The van der Waals surface area contributed by atoms with E-state index in [1.807, 2.05) is 36.5 Å². The molecule has 2 N–H and O–H groups in total. The Morgan fingerprint density at radius 2 is 1.91 bits per heavy atom. The van der Waals surface area contributed by atoms with E-state index >= 15 is 0 Å². The van der Waals surface area contributed by atoms with E-state index in [0.29, 0.717) is 18.0 Å². The molecule has 0 spiro atoms. The molecule has 5 nitrogen and oxygen atoms in total. The Morgan fingerprint density at radius 3 is 2.74 bits per heavy atom. The van der Waals surface area contributed by atoms with E-state index in [9.17, 15) is 13.6 Å². The molecule has 1 aliphatic rings. The third-order valence-corrected chi connectivity index (χ3v) is 6.24. The van der Waals surface area contributed by atoms with Crippen molar-refractivity contribution in [3.8, 4) is 11.5 Å². The molecule has 0 saturated carbocycles. The highest BCUT2D eigenvalue weighted by molar-refractivity contribution is 5.88. The maximum atomic E-state index is 14.9. The predicted molar refractivity (Wildman–Crippen MR) is 125 cm³/mol. The smallest absolute Gasteiger partial charge is 0.231 e. The van der Waals surface area contributed by atoms with Crippen LogP contribution in [0, 0.1) is 11.6 Å². The minimum atomic E-state index is -0.672. The molecule has 0 fully saturated rings. The molecule has 0 saturated heterocycles. The number of rotatable bonds is 7. The van der Waals surface area contributed by atoms with E-state index in [1.54, 1.807) is 6.07 Å². The number of hydrogen-bond acceptors (Lipinski definition) is 3. The Bertz CT molecular complexity index is 1370. The van der Waals surface area contributed by atoms with Gasteiger partial charge in [-0.2, -0.15) is 0 Å². The second kappa shape index (κ2) is 9.17. The zero-order valence-corrected chi connectivity index (χ0v) is 18.7. The van der Waals surface area contributed by atoms with Gasteiger partial charge in [0.15, 0.2) is 11.5 Å². The molecule has 1 aromatic heterocycles.